The molecule has 0 aromatic heterocycles. The van der Waals surface area contributed by atoms with Gasteiger partial charge in [-0.3, -0.25) is 9.59 Å². The number of Topliss-reactive ketones (excluding diaryl/α,β-unsaturated/α-hetero) is 1. The predicted octanol–water partition coefficient (Wildman–Crippen LogP) is 1.69. The Morgan fingerprint density at radius 3 is 2.76 bits per heavy atom. The van der Waals surface area contributed by atoms with E-state index in [1.807, 2.05) is 11.8 Å². The first-order valence-corrected chi connectivity index (χ1v) is 7.36. The van der Waals surface area contributed by atoms with E-state index < -0.39 is 11.4 Å². The summed E-state index contributed by atoms with van der Waals surface area (Å²) in [7, 11) is 0. The van der Waals surface area contributed by atoms with E-state index in [4.69, 9.17) is 9.47 Å². The summed E-state index contributed by atoms with van der Waals surface area (Å²) in [4.78, 5) is 27.2. The van der Waals surface area contributed by atoms with Gasteiger partial charge in [0.05, 0.1) is 18.9 Å². The predicted molar refractivity (Wildman–Crippen MR) is 78.6 cm³/mol. The summed E-state index contributed by atoms with van der Waals surface area (Å²) in [5, 5.41) is 0. The van der Waals surface area contributed by atoms with Crippen LogP contribution < -0.4 is 0 Å². The van der Waals surface area contributed by atoms with E-state index in [0.717, 1.165) is 12.0 Å². The molecule has 1 saturated heterocycles. The number of carbonyl (C=O) groups is 2. The van der Waals surface area contributed by atoms with Crippen molar-refractivity contribution >= 4 is 11.8 Å². The fourth-order valence-corrected chi connectivity index (χ4v) is 2.81. The molecular formula is C16H23NO4. The van der Waals surface area contributed by atoms with Gasteiger partial charge >= 0.3 is 5.97 Å². The number of hydrogen-bond donors (Lipinski definition) is 0. The molecule has 5 nitrogen and oxygen atoms in total. The SMILES string of the molecule is C=CCOC(=O)C1(C)CCC(C)=C(N2CCOCC2)C1=O. The van der Waals surface area contributed by atoms with Crippen LogP contribution in [0.5, 0.6) is 0 Å². The van der Waals surface area contributed by atoms with Crippen molar-refractivity contribution in [1.29, 1.82) is 0 Å². The number of ketones is 1. The minimum atomic E-state index is -1.09. The number of carbonyl (C=O) groups excluding carboxylic acids is 2. The molecule has 0 N–H and O–H groups in total. The van der Waals surface area contributed by atoms with Gasteiger partial charge in [-0.1, -0.05) is 12.7 Å². The van der Waals surface area contributed by atoms with Crippen molar-refractivity contribution in [3.05, 3.63) is 23.9 Å². The number of rotatable bonds is 4. The van der Waals surface area contributed by atoms with Crippen LogP contribution in [0.15, 0.2) is 23.9 Å². The summed E-state index contributed by atoms with van der Waals surface area (Å²) in [6, 6.07) is 0. The van der Waals surface area contributed by atoms with Gasteiger partial charge in [-0.15, -0.1) is 0 Å². The molecule has 1 aliphatic heterocycles. The highest BCUT2D eigenvalue weighted by Gasteiger charge is 2.47. The lowest BCUT2D eigenvalue weighted by molar-refractivity contribution is -0.158. The number of ether oxygens (including phenoxy) is 2. The lowest BCUT2D eigenvalue weighted by Crippen LogP contribution is -2.48. The standard InChI is InChI=1S/C16H23NO4/c1-4-9-21-15(19)16(3)6-5-12(2)13(14(16)18)17-7-10-20-11-8-17/h4H,1,5-11H2,2-3H3. The van der Waals surface area contributed by atoms with Gasteiger partial charge in [0.15, 0.2) is 5.78 Å². The molecule has 116 valence electrons. The number of hydrogen-bond acceptors (Lipinski definition) is 5. The van der Waals surface area contributed by atoms with Crippen molar-refractivity contribution in [2.75, 3.05) is 32.9 Å². The molecule has 0 aromatic carbocycles. The van der Waals surface area contributed by atoms with Crippen molar-refractivity contribution < 1.29 is 19.1 Å². The number of allylic oxidation sites excluding steroid dienone is 2. The van der Waals surface area contributed by atoms with Gasteiger partial charge in [0.1, 0.15) is 12.0 Å². The van der Waals surface area contributed by atoms with Crippen molar-refractivity contribution in [3.63, 3.8) is 0 Å². The molecule has 1 heterocycles. The molecule has 0 aromatic rings. The molecule has 0 amide bonds. The van der Waals surface area contributed by atoms with Crippen molar-refractivity contribution in [2.45, 2.75) is 26.7 Å². The zero-order valence-electron chi connectivity index (χ0n) is 12.8. The zero-order chi connectivity index (χ0) is 15.5. The Bertz CT molecular complexity index is 477. The lowest BCUT2D eigenvalue weighted by atomic mass is 9.73. The highest BCUT2D eigenvalue weighted by Crippen LogP contribution is 2.38. The van der Waals surface area contributed by atoms with E-state index in [-0.39, 0.29) is 12.4 Å². The van der Waals surface area contributed by atoms with E-state index in [1.165, 1.54) is 6.08 Å². The van der Waals surface area contributed by atoms with Crippen LogP contribution in [0.25, 0.3) is 0 Å². The maximum absolute atomic E-state index is 12.9. The van der Waals surface area contributed by atoms with E-state index in [0.29, 0.717) is 38.4 Å². The molecule has 1 atom stereocenters. The average Bonchev–Trinajstić information content (AvgIpc) is 2.50. The van der Waals surface area contributed by atoms with Gasteiger partial charge < -0.3 is 14.4 Å². The highest BCUT2D eigenvalue weighted by molar-refractivity contribution is 6.12. The lowest BCUT2D eigenvalue weighted by Gasteiger charge is -2.38. The molecule has 2 rings (SSSR count). The Morgan fingerprint density at radius 1 is 1.48 bits per heavy atom. The van der Waals surface area contributed by atoms with Gasteiger partial charge in [-0.25, -0.2) is 0 Å². The Hall–Kier alpha value is -1.62. The van der Waals surface area contributed by atoms with Gasteiger partial charge in [-0.2, -0.15) is 0 Å². The van der Waals surface area contributed by atoms with E-state index in [1.54, 1.807) is 6.92 Å². The monoisotopic (exact) mass is 293 g/mol. The topological polar surface area (TPSA) is 55.8 Å². The normalized spacial score (nSPS) is 26.8. The minimum absolute atomic E-state index is 0.123. The summed E-state index contributed by atoms with van der Waals surface area (Å²) >= 11 is 0. The largest absolute Gasteiger partial charge is 0.461 e. The first-order chi connectivity index (χ1) is 10.0. The zero-order valence-corrected chi connectivity index (χ0v) is 12.8. The van der Waals surface area contributed by atoms with Crippen LogP contribution in [-0.4, -0.2) is 49.6 Å². The second-order valence-electron chi connectivity index (χ2n) is 5.78. The third-order valence-electron chi connectivity index (χ3n) is 4.23. The van der Waals surface area contributed by atoms with E-state index >= 15 is 0 Å². The van der Waals surface area contributed by atoms with Gasteiger partial charge in [0, 0.05) is 13.1 Å². The van der Waals surface area contributed by atoms with Crippen LogP contribution in [0.2, 0.25) is 0 Å². The van der Waals surface area contributed by atoms with Gasteiger partial charge in [0.25, 0.3) is 0 Å². The minimum Gasteiger partial charge on any atom is -0.461 e. The van der Waals surface area contributed by atoms with Crippen molar-refractivity contribution in [1.82, 2.24) is 4.90 Å². The fraction of sp³-hybridized carbons (Fsp3) is 0.625. The maximum Gasteiger partial charge on any atom is 0.320 e. The molecular weight excluding hydrogens is 270 g/mol. The summed E-state index contributed by atoms with van der Waals surface area (Å²) in [5.41, 5.74) is 0.648. The van der Waals surface area contributed by atoms with E-state index in [9.17, 15) is 9.59 Å². The van der Waals surface area contributed by atoms with Crippen LogP contribution in [0, 0.1) is 5.41 Å². The molecule has 21 heavy (non-hydrogen) atoms. The van der Waals surface area contributed by atoms with Gasteiger partial charge in [0.2, 0.25) is 0 Å². The first kappa shape index (κ1) is 15.8. The molecule has 0 spiro atoms. The maximum atomic E-state index is 12.9. The number of nitrogens with zero attached hydrogens (tertiary/aromatic N) is 1. The van der Waals surface area contributed by atoms with Crippen molar-refractivity contribution in [2.24, 2.45) is 5.41 Å². The highest BCUT2D eigenvalue weighted by atomic mass is 16.5. The number of morpholine rings is 1. The smallest absolute Gasteiger partial charge is 0.320 e. The van der Waals surface area contributed by atoms with Crippen molar-refractivity contribution in [3.8, 4) is 0 Å². The quantitative estimate of drug-likeness (QED) is 0.448. The number of esters is 1. The second-order valence-corrected chi connectivity index (χ2v) is 5.78. The molecule has 1 unspecified atom stereocenters. The molecule has 0 radical (unpaired) electrons. The van der Waals surface area contributed by atoms with Crippen LogP contribution in [0.4, 0.5) is 0 Å². The summed E-state index contributed by atoms with van der Waals surface area (Å²) < 4.78 is 10.5. The first-order valence-electron chi connectivity index (χ1n) is 7.36. The van der Waals surface area contributed by atoms with Crippen LogP contribution in [-0.2, 0) is 19.1 Å². The van der Waals surface area contributed by atoms with Crippen LogP contribution in [0.3, 0.4) is 0 Å². The summed E-state index contributed by atoms with van der Waals surface area (Å²) in [5.74, 6) is -0.576. The van der Waals surface area contributed by atoms with E-state index in [2.05, 4.69) is 6.58 Å². The molecule has 1 fully saturated rings. The molecule has 5 heteroatoms. The Kier molecular flexibility index (Phi) is 4.83. The molecule has 2 aliphatic rings. The summed E-state index contributed by atoms with van der Waals surface area (Å²) in [6.45, 7) is 9.93. The molecule has 0 saturated carbocycles. The summed E-state index contributed by atoms with van der Waals surface area (Å²) in [6.07, 6.45) is 2.75. The molecule has 1 aliphatic carbocycles. The average molecular weight is 293 g/mol. The third-order valence-corrected chi connectivity index (χ3v) is 4.23. The van der Waals surface area contributed by atoms with Crippen LogP contribution >= 0.6 is 0 Å². The Labute approximate surface area is 125 Å². The fourth-order valence-electron chi connectivity index (χ4n) is 2.81. The Balaban J connectivity index is 2.23. The Morgan fingerprint density at radius 2 is 2.14 bits per heavy atom. The molecule has 0 bridgehead atoms. The van der Waals surface area contributed by atoms with Crippen LogP contribution in [0.1, 0.15) is 26.7 Å². The second kappa shape index (κ2) is 6.43. The van der Waals surface area contributed by atoms with Gasteiger partial charge in [-0.05, 0) is 32.3 Å². The third kappa shape index (κ3) is 3.02.